The van der Waals surface area contributed by atoms with E-state index in [0.717, 1.165) is 5.56 Å². The quantitative estimate of drug-likeness (QED) is 0.332. The van der Waals surface area contributed by atoms with Crippen LogP contribution >= 0.6 is 0 Å². The SMILES string of the molecule is [B]c1cc(Cn2ccc(C=O)n2)ccc1-c1noc(-c2ccc(OC(C)C)c(C#N)c2)n1. The highest BCUT2D eigenvalue weighted by molar-refractivity contribution is 6.35. The summed E-state index contributed by atoms with van der Waals surface area (Å²) in [6.07, 6.45) is 2.38. The summed E-state index contributed by atoms with van der Waals surface area (Å²) in [6.45, 7) is 4.26. The molecular formula is C23H18BN5O3. The van der Waals surface area contributed by atoms with E-state index < -0.39 is 0 Å². The second-order valence-corrected chi connectivity index (χ2v) is 7.39. The molecule has 9 heteroatoms. The molecule has 0 aliphatic heterocycles. The van der Waals surface area contributed by atoms with Crippen LogP contribution in [-0.4, -0.2) is 40.2 Å². The van der Waals surface area contributed by atoms with Crippen molar-refractivity contribution in [2.75, 3.05) is 0 Å². The van der Waals surface area contributed by atoms with Gasteiger partial charge in [0.25, 0.3) is 5.89 Å². The standard InChI is InChI=1S/C23H18BN5O3/c1-14(2)31-21-6-4-16(10-17(21)11-25)23-26-22(28-32-23)19-5-3-15(9-20(19)24)12-29-8-7-18(13-30)27-29/h3-10,13-14H,12H2,1-2H3. The number of aldehydes is 1. The fourth-order valence-electron chi connectivity index (χ4n) is 3.19. The Morgan fingerprint density at radius 3 is 2.78 bits per heavy atom. The maximum absolute atomic E-state index is 10.8. The molecule has 8 nitrogen and oxygen atoms in total. The third kappa shape index (κ3) is 4.44. The topological polar surface area (TPSA) is 107 Å². The number of ether oxygens (including phenoxy) is 1. The minimum Gasteiger partial charge on any atom is -0.490 e. The summed E-state index contributed by atoms with van der Waals surface area (Å²) in [5.74, 6) is 1.12. The van der Waals surface area contributed by atoms with Gasteiger partial charge in [0.1, 0.15) is 25.4 Å². The molecule has 4 aromatic rings. The number of hydrogen-bond donors (Lipinski definition) is 0. The lowest BCUT2D eigenvalue weighted by Gasteiger charge is -2.11. The van der Waals surface area contributed by atoms with Gasteiger partial charge >= 0.3 is 0 Å². The van der Waals surface area contributed by atoms with E-state index in [1.54, 1.807) is 41.2 Å². The lowest BCUT2D eigenvalue weighted by Crippen LogP contribution is -2.11. The van der Waals surface area contributed by atoms with Crippen LogP contribution < -0.4 is 10.2 Å². The number of carbonyl (C=O) groups is 1. The van der Waals surface area contributed by atoms with Crippen LogP contribution in [0.15, 0.2) is 53.2 Å². The molecule has 0 saturated heterocycles. The molecule has 0 spiro atoms. The van der Waals surface area contributed by atoms with Gasteiger partial charge in [0.2, 0.25) is 5.82 Å². The second-order valence-electron chi connectivity index (χ2n) is 7.39. The van der Waals surface area contributed by atoms with Crippen molar-refractivity contribution >= 4 is 19.6 Å². The van der Waals surface area contributed by atoms with Crippen molar-refractivity contribution in [3.05, 3.63) is 65.5 Å². The van der Waals surface area contributed by atoms with Gasteiger partial charge in [0.05, 0.1) is 18.2 Å². The summed E-state index contributed by atoms with van der Waals surface area (Å²) in [5, 5.41) is 17.6. The minimum absolute atomic E-state index is 0.0470. The predicted molar refractivity (Wildman–Crippen MR) is 118 cm³/mol. The minimum atomic E-state index is -0.0470. The molecule has 2 aromatic carbocycles. The first kappa shape index (κ1) is 21.1. The van der Waals surface area contributed by atoms with Crippen molar-refractivity contribution in [3.8, 4) is 34.7 Å². The van der Waals surface area contributed by atoms with Crippen LogP contribution in [0.4, 0.5) is 0 Å². The first-order valence-corrected chi connectivity index (χ1v) is 9.89. The zero-order chi connectivity index (χ0) is 22.7. The smallest absolute Gasteiger partial charge is 0.258 e. The van der Waals surface area contributed by atoms with Crippen molar-refractivity contribution < 1.29 is 14.1 Å². The Labute approximate surface area is 185 Å². The van der Waals surface area contributed by atoms with E-state index in [-0.39, 0.29) is 12.0 Å². The maximum Gasteiger partial charge on any atom is 0.258 e. The van der Waals surface area contributed by atoms with Crippen molar-refractivity contribution in [1.29, 1.82) is 5.26 Å². The number of rotatable bonds is 7. The molecule has 0 saturated carbocycles. The molecule has 0 bridgehead atoms. The van der Waals surface area contributed by atoms with Gasteiger partial charge in [0.15, 0.2) is 6.29 Å². The van der Waals surface area contributed by atoms with E-state index in [0.29, 0.717) is 52.3 Å². The van der Waals surface area contributed by atoms with Gasteiger partial charge in [0, 0.05) is 17.3 Å². The van der Waals surface area contributed by atoms with Crippen molar-refractivity contribution in [2.45, 2.75) is 26.5 Å². The summed E-state index contributed by atoms with van der Waals surface area (Å²) in [5.41, 5.74) is 3.38. The fraction of sp³-hybridized carbons (Fsp3) is 0.174. The highest BCUT2D eigenvalue weighted by Gasteiger charge is 2.15. The molecule has 2 heterocycles. The van der Waals surface area contributed by atoms with Crippen molar-refractivity contribution in [1.82, 2.24) is 19.9 Å². The van der Waals surface area contributed by atoms with Gasteiger partial charge < -0.3 is 9.26 Å². The number of benzene rings is 2. The number of nitriles is 1. The third-order valence-electron chi connectivity index (χ3n) is 4.62. The summed E-state index contributed by atoms with van der Waals surface area (Å²) in [6, 6.07) is 14.4. The molecule has 0 atom stereocenters. The van der Waals surface area contributed by atoms with Gasteiger partial charge in [-0.25, -0.2) is 0 Å². The average molecular weight is 423 g/mol. The first-order valence-electron chi connectivity index (χ1n) is 9.89. The van der Waals surface area contributed by atoms with Crippen LogP contribution in [0.3, 0.4) is 0 Å². The molecule has 2 aromatic heterocycles. The van der Waals surface area contributed by atoms with Crippen LogP contribution in [-0.2, 0) is 6.54 Å². The fourth-order valence-corrected chi connectivity index (χ4v) is 3.19. The average Bonchev–Trinajstić information content (AvgIpc) is 3.43. The van der Waals surface area contributed by atoms with E-state index in [1.165, 1.54) is 0 Å². The molecule has 0 aliphatic carbocycles. The van der Waals surface area contributed by atoms with E-state index >= 15 is 0 Å². The summed E-state index contributed by atoms with van der Waals surface area (Å²) >= 11 is 0. The van der Waals surface area contributed by atoms with Crippen LogP contribution in [0.5, 0.6) is 5.75 Å². The number of nitrogens with zero attached hydrogens (tertiary/aromatic N) is 5. The van der Waals surface area contributed by atoms with Gasteiger partial charge in [-0.05, 0) is 43.7 Å². The molecule has 2 radical (unpaired) electrons. The molecule has 32 heavy (non-hydrogen) atoms. The molecule has 0 N–H and O–H groups in total. The molecule has 0 amide bonds. The Hall–Kier alpha value is -4.19. The Bertz CT molecular complexity index is 1320. The highest BCUT2D eigenvalue weighted by Crippen LogP contribution is 2.27. The summed E-state index contributed by atoms with van der Waals surface area (Å²) in [4.78, 5) is 15.2. The predicted octanol–water partition coefficient (Wildman–Crippen LogP) is 2.91. The summed E-state index contributed by atoms with van der Waals surface area (Å²) in [7, 11) is 6.23. The Morgan fingerprint density at radius 1 is 1.25 bits per heavy atom. The van der Waals surface area contributed by atoms with Gasteiger partial charge in [-0.3, -0.25) is 9.48 Å². The van der Waals surface area contributed by atoms with Crippen molar-refractivity contribution in [2.24, 2.45) is 0 Å². The molecule has 156 valence electrons. The third-order valence-corrected chi connectivity index (χ3v) is 4.62. The number of carbonyl (C=O) groups excluding carboxylic acids is 1. The van der Waals surface area contributed by atoms with Crippen molar-refractivity contribution in [3.63, 3.8) is 0 Å². The van der Waals surface area contributed by atoms with Crippen LogP contribution in [0.2, 0.25) is 0 Å². The summed E-state index contributed by atoms with van der Waals surface area (Å²) < 4.78 is 12.7. The normalized spacial score (nSPS) is 10.8. The second kappa shape index (κ2) is 8.90. The maximum atomic E-state index is 10.8. The molecule has 0 aliphatic rings. The van der Waals surface area contributed by atoms with Gasteiger partial charge in [-0.2, -0.15) is 15.3 Å². The Morgan fingerprint density at radius 2 is 2.09 bits per heavy atom. The Balaban J connectivity index is 1.57. The molecule has 0 fully saturated rings. The molecule has 4 rings (SSSR count). The van der Waals surface area contributed by atoms with E-state index in [4.69, 9.17) is 17.1 Å². The lowest BCUT2D eigenvalue weighted by molar-refractivity contribution is 0.111. The zero-order valence-corrected chi connectivity index (χ0v) is 17.5. The van der Waals surface area contributed by atoms with E-state index in [9.17, 15) is 10.1 Å². The largest absolute Gasteiger partial charge is 0.490 e. The number of aromatic nitrogens is 4. The van der Waals surface area contributed by atoms with E-state index in [2.05, 4.69) is 21.3 Å². The monoisotopic (exact) mass is 423 g/mol. The first-order chi connectivity index (χ1) is 15.5. The van der Waals surface area contributed by atoms with Crippen LogP contribution in [0.1, 0.15) is 35.5 Å². The van der Waals surface area contributed by atoms with Crippen LogP contribution in [0.25, 0.3) is 22.8 Å². The zero-order valence-electron chi connectivity index (χ0n) is 17.5. The lowest BCUT2D eigenvalue weighted by atomic mass is 9.88. The Kier molecular flexibility index (Phi) is 5.86. The van der Waals surface area contributed by atoms with Crippen LogP contribution in [0, 0.1) is 11.3 Å². The van der Waals surface area contributed by atoms with E-state index in [1.807, 2.05) is 26.0 Å². The van der Waals surface area contributed by atoms with Gasteiger partial charge in [-0.1, -0.05) is 28.8 Å². The highest BCUT2D eigenvalue weighted by atomic mass is 16.5. The molecule has 0 unspecified atom stereocenters. The van der Waals surface area contributed by atoms with Gasteiger partial charge in [-0.15, -0.1) is 0 Å². The molecular weight excluding hydrogens is 405 g/mol. The number of hydrogen-bond acceptors (Lipinski definition) is 7.